The van der Waals surface area contributed by atoms with Gasteiger partial charge in [0.1, 0.15) is 0 Å². The summed E-state index contributed by atoms with van der Waals surface area (Å²) < 4.78 is 11.3. The van der Waals surface area contributed by atoms with E-state index in [4.69, 9.17) is 9.47 Å². The normalized spacial score (nSPS) is 18.6. The summed E-state index contributed by atoms with van der Waals surface area (Å²) in [5.41, 5.74) is 1.45. The second-order valence-corrected chi connectivity index (χ2v) is 4.07. The van der Waals surface area contributed by atoms with Gasteiger partial charge in [-0.2, -0.15) is 0 Å². The summed E-state index contributed by atoms with van der Waals surface area (Å²) in [5.74, 6) is 0. The zero-order chi connectivity index (χ0) is 11.8. The largest absolute Gasteiger partial charge is 0.351 e. The summed E-state index contributed by atoms with van der Waals surface area (Å²) in [5, 5.41) is 3.32. The van der Waals surface area contributed by atoms with E-state index < -0.39 is 0 Å². The van der Waals surface area contributed by atoms with Crippen LogP contribution in [0.2, 0.25) is 0 Å². The number of allylic oxidation sites excluding steroid dienone is 1. The van der Waals surface area contributed by atoms with Crippen molar-refractivity contribution in [2.45, 2.75) is 51.9 Å². The van der Waals surface area contributed by atoms with Crippen LogP contribution in [0.15, 0.2) is 11.6 Å². The monoisotopic (exact) mass is 227 g/mol. The highest BCUT2D eigenvalue weighted by Gasteiger charge is 2.25. The maximum Gasteiger partial charge on any atom is 0.176 e. The Morgan fingerprint density at radius 1 is 1.25 bits per heavy atom. The van der Waals surface area contributed by atoms with Crippen molar-refractivity contribution in [3.05, 3.63) is 11.6 Å². The molecule has 1 N–H and O–H groups in total. The first kappa shape index (κ1) is 13.7. The number of hydrogen-bond donors (Lipinski definition) is 1. The van der Waals surface area contributed by atoms with E-state index in [9.17, 15) is 0 Å². The zero-order valence-corrected chi connectivity index (χ0v) is 10.8. The van der Waals surface area contributed by atoms with Crippen molar-refractivity contribution in [1.82, 2.24) is 5.32 Å². The van der Waals surface area contributed by atoms with Crippen molar-refractivity contribution in [2.75, 3.05) is 20.3 Å². The van der Waals surface area contributed by atoms with Crippen LogP contribution in [0.5, 0.6) is 0 Å². The molecule has 0 aliphatic heterocycles. The first-order chi connectivity index (χ1) is 7.83. The van der Waals surface area contributed by atoms with Crippen molar-refractivity contribution in [1.29, 1.82) is 0 Å². The van der Waals surface area contributed by atoms with Gasteiger partial charge in [0, 0.05) is 13.2 Å². The number of hydrogen-bond acceptors (Lipinski definition) is 3. The number of ether oxygens (including phenoxy) is 2. The molecule has 1 aliphatic carbocycles. The average Bonchev–Trinajstić information content (AvgIpc) is 2.32. The first-order valence-electron chi connectivity index (χ1n) is 6.42. The average molecular weight is 227 g/mol. The quantitative estimate of drug-likeness (QED) is 0.535. The Bertz CT molecular complexity index is 210. The van der Waals surface area contributed by atoms with Crippen molar-refractivity contribution in [3.8, 4) is 0 Å². The highest BCUT2D eigenvalue weighted by Crippen LogP contribution is 2.23. The lowest BCUT2D eigenvalue weighted by Gasteiger charge is -2.30. The van der Waals surface area contributed by atoms with Gasteiger partial charge in [-0.25, -0.2) is 0 Å². The van der Waals surface area contributed by atoms with E-state index in [1.807, 2.05) is 20.9 Å². The van der Waals surface area contributed by atoms with E-state index in [0.717, 1.165) is 0 Å². The molecule has 0 aromatic rings. The molecular formula is C13H25NO2. The molecule has 94 valence electrons. The number of nitrogens with one attached hydrogen (secondary N) is 1. The van der Waals surface area contributed by atoms with Crippen LogP contribution < -0.4 is 5.32 Å². The molecule has 0 amide bonds. The summed E-state index contributed by atoms with van der Waals surface area (Å²) >= 11 is 0. The van der Waals surface area contributed by atoms with E-state index in [2.05, 4.69) is 11.4 Å². The lowest BCUT2D eigenvalue weighted by Crippen LogP contribution is -2.43. The van der Waals surface area contributed by atoms with E-state index in [1.54, 1.807) is 0 Å². The van der Waals surface area contributed by atoms with Crippen LogP contribution in [-0.4, -0.2) is 32.6 Å². The Morgan fingerprint density at radius 3 is 2.38 bits per heavy atom. The summed E-state index contributed by atoms with van der Waals surface area (Å²) in [6.07, 6.45) is 7.16. The Hall–Kier alpha value is -0.380. The van der Waals surface area contributed by atoms with Gasteiger partial charge in [-0.3, -0.25) is 0 Å². The van der Waals surface area contributed by atoms with E-state index in [-0.39, 0.29) is 12.3 Å². The first-order valence-corrected chi connectivity index (χ1v) is 6.42. The van der Waals surface area contributed by atoms with Gasteiger partial charge in [-0.1, -0.05) is 11.6 Å². The third-order valence-electron chi connectivity index (χ3n) is 2.97. The standard InChI is InChI=1S/C13H25NO2/c1-4-15-13(16-5-2)12(14-3)11-9-7-6-8-10-11/h9,12-14H,4-8,10H2,1-3H3. The van der Waals surface area contributed by atoms with Crippen LogP contribution in [0.4, 0.5) is 0 Å². The molecule has 1 atom stereocenters. The molecule has 0 aromatic carbocycles. The molecule has 0 saturated heterocycles. The maximum absolute atomic E-state index is 5.66. The van der Waals surface area contributed by atoms with Gasteiger partial charge >= 0.3 is 0 Å². The Labute approximate surface area is 99.2 Å². The van der Waals surface area contributed by atoms with Crippen LogP contribution in [0.1, 0.15) is 39.5 Å². The fourth-order valence-corrected chi connectivity index (χ4v) is 2.21. The Kier molecular flexibility index (Phi) is 6.69. The minimum Gasteiger partial charge on any atom is -0.351 e. The molecule has 3 nitrogen and oxygen atoms in total. The molecule has 0 aromatic heterocycles. The lowest BCUT2D eigenvalue weighted by atomic mass is 9.93. The molecule has 0 saturated carbocycles. The fraction of sp³-hybridized carbons (Fsp3) is 0.846. The van der Waals surface area contributed by atoms with E-state index in [1.165, 1.54) is 31.3 Å². The number of likely N-dealkylation sites (N-methyl/N-ethyl adjacent to an activating group) is 1. The van der Waals surface area contributed by atoms with Crippen LogP contribution in [0.25, 0.3) is 0 Å². The van der Waals surface area contributed by atoms with Crippen molar-refractivity contribution in [3.63, 3.8) is 0 Å². The summed E-state index contributed by atoms with van der Waals surface area (Å²) in [6.45, 7) is 5.40. The van der Waals surface area contributed by atoms with Crippen LogP contribution in [0, 0.1) is 0 Å². The maximum atomic E-state index is 5.66. The van der Waals surface area contributed by atoms with Gasteiger partial charge in [0.25, 0.3) is 0 Å². The van der Waals surface area contributed by atoms with E-state index >= 15 is 0 Å². The molecule has 1 rings (SSSR count). The van der Waals surface area contributed by atoms with Gasteiger partial charge in [0.15, 0.2) is 6.29 Å². The van der Waals surface area contributed by atoms with Gasteiger partial charge < -0.3 is 14.8 Å². The highest BCUT2D eigenvalue weighted by molar-refractivity contribution is 5.14. The molecule has 1 aliphatic rings. The van der Waals surface area contributed by atoms with Gasteiger partial charge in [-0.15, -0.1) is 0 Å². The van der Waals surface area contributed by atoms with Gasteiger partial charge in [0.2, 0.25) is 0 Å². The van der Waals surface area contributed by atoms with Gasteiger partial charge in [0.05, 0.1) is 6.04 Å². The van der Waals surface area contributed by atoms with Crippen LogP contribution >= 0.6 is 0 Å². The summed E-state index contributed by atoms with van der Waals surface area (Å²) in [6, 6.07) is 0.209. The predicted molar refractivity (Wildman–Crippen MR) is 66.4 cm³/mol. The molecule has 1 unspecified atom stereocenters. The second kappa shape index (κ2) is 7.82. The topological polar surface area (TPSA) is 30.5 Å². The molecule has 0 heterocycles. The predicted octanol–water partition coefficient (Wildman–Crippen LogP) is 2.47. The molecular weight excluding hydrogens is 202 g/mol. The summed E-state index contributed by atoms with van der Waals surface area (Å²) in [7, 11) is 1.98. The Morgan fingerprint density at radius 2 is 1.94 bits per heavy atom. The molecule has 0 radical (unpaired) electrons. The van der Waals surface area contributed by atoms with E-state index in [0.29, 0.717) is 13.2 Å². The second-order valence-electron chi connectivity index (χ2n) is 4.07. The smallest absolute Gasteiger partial charge is 0.176 e. The third kappa shape index (κ3) is 3.89. The number of rotatable bonds is 7. The fourth-order valence-electron chi connectivity index (χ4n) is 2.21. The molecule has 16 heavy (non-hydrogen) atoms. The molecule has 0 fully saturated rings. The van der Waals surface area contributed by atoms with Crippen LogP contribution in [-0.2, 0) is 9.47 Å². The van der Waals surface area contributed by atoms with Crippen molar-refractivity contribution >= 4 is 0 Å². The van der Waals surface area contributed by atoms with Crippen molar-refractivity contribution < 1.29 is 9.47 Å². The third-order valence-corrected chi connectivity index (χ3v) is 2.97. The molecule has 0 spiro atoms. The lowest BCUT2D eigenvalue weighted by molar-refractivity contribution is -0.147. The highest BCUT2D eigenvalue weighted by atomic mass is 16.7. The Balaban J connectivity index is 2.64. The summed E-state index contributed by atoms with van der Waals surface area (Å²) in [4.78, 5) is 0. The van der Waals surface area contributed by atoms with Gasteiger partial charge in [-0.05, 0) is 46.6 Å². The molecule has 0 bridgehead atoms. The molecule has 3 heteroatoms. The minimum absolute atomic E-state index is 0.149. The van der Waals surface area contributed by atoms with Crippen molar-refractivity contribution in [2.24, 2.45) is 0 Å². The zero-order valence-electron chi connectivity index (χ0n) is 10.8. The SMILES string of the molecule is CCOC(OCC)C(NC)C1=CCCCC1. The minimum atomic E-state index is -0.149. The van der Waals surface area contributed by atoms with Crippen LogP contribution in [0.3, 0.4) is 0 Å².